The molecule has 7 heteroatoms. The van der Waals surface area contributed by atoms with Gasteiger partial charge in [0.2, 0.25) is 5.91 Å². The van der Waals surface area contributed by atoms with Crippen LogP contribution in [-0.4, -0.2) is 60.0 Å². The molecule has 0 aromatic carbocycles. The second-order valence-electron chi connectivity index (χ2n) is 5.38. The van der Waals surface area contributed by atoms with Gasteiger partial charge in [0.1, 0.15) is 0 Å². The second-order valence-corrected chi connectivity index (χ2v) is 5.82. The molecule has 1 aromatic heterocycles. The lowest BCUT2D eigenvalue weighted by atomic mass is 10.1. The highest BCUT2D eigenvalue weighted by Gasteiger charge is 2.14. The number of amides is 1. The Labute approximate surface area is 130 Å². The maximum Gasteiger partial charge on any atom is 0.224 e. The van der Waals surface area contributed by atoms with Gasteiger partial charge in [-0.3, -0.25) is 14.4 Å². The van der Waals surface area contributed by atoms with E-state index in [2.05, 4.69) is 15.3 Å². The summed E-state index contributed by atoms with van der Waals surface area (Å²) in [5.74, 6) is -0.0621. The molecule has 6 nitrogen and oxygen atoms in total. The van der Waals surface area contributed by atoms with E-state index in [-0.39, 0.29) is 11.8 Å². The van der Waals surface area contributed by atoms with Crippen LogP contribution < -0.4 is 5.32 Å². The Hall–Kier alpha value is -1.11. The van der Waals surface area contributed by atoms with Crippen LogP contribution in [-0.2, 0) is 16.1 Å². The van der Waals surface area contributed by atoms with E-state index < -0.39 is 0 Å². The lowest BCUT2D eigenvalue weighted by molar-refractivity contribution is -0.124. The molecular formula is C14H23ClN4O2. The largest absolute Gasteiger partial charge is 0.379 e. The van der Waals surface area contributed by atoms with Gasteiger partial charge in [-0.2, -0.15) is 5.10 Å². The third-order valence-corrected chi connectivity index (χ3v) is 3.76. The van der Waals surface area contributed by atoms with Gasteiger partial charge in [-0.25, -0.2) is 0 Å². The number of carbonyl (C=O) groups excluding carboxylic acids is 1. The number of aromatic nitrogens is 2. The van der Waals surface area contributed by atoms with Crippen LogP contribution in [0.4, 0.5) is 0 Å². The number of halogens is 1. The summed E-state index contributed by atoms with van der Waals surface area (Å²) in [6.07, 6.45) is 4.27. The van der Waals surface area contributed by atoms with E-state index in [4.69, 9.17) is 16.3 Å². The van der Waals surface area contributed by atoms with E-state index >= 15 is 0 Å². The Bertz CT molecular complexity index is 446. The van der Waals surface area contributed by atoms with Crippen molar-refractivity contribution in [3.05, 3.63) is 17.4 Å². The average molecular weight is 315 g/mol. The van der Waals surface area contributed by atoms with E-state index in [1.54, 1.807) is 17.1 Å². The monoisotopic (exact) mass is 314 g/mol. The molecule has 1 aromatic rings. The van der Waals surface area contributed by atoms with Crippen molar-refractivity contribution in [3.63, 3.8) is 0 Å². The Morgan fingerprint density at radius 3 is 2.95 bits per heavy atom. The number of hydrogen-bond donors (Lipinski definition) is 1. The van der Waals surface area contributed by atoms with Gasteiger partial charge in [-0.15, -0.1) is 0 Å². The number of morpholine rings is 1. The van der Waals surface area contributed by atoms with Crippen LogP contribution in [0.25, 0.3) is 0 Å². The summed E-state index contributed by atoms with van der Waals surface area (Å²) in [6.45, 7) is 7.77. The van der Waals surface area contributed by atoms with E-state index in [1.807, 2.05) is 6.92 Å². The van der Waals surface area contributed by atoms with Crippen LogP contribution in [0.15, 0.2) is 12.4 Å². The van der Waals surface area contributed by atoms with Gasteiger partial charge in [-0.1, -0.05) is 18.5 Å². The van der Waals surface area contributed by atoms with Crippen molar-refractivity contribution in [1.82, 2.24) is 20.0 Å². The lowest BCUT2D eigenvalue weighted by Gasteiger charge is -2.26. The zero-order valence-corrected chi connectivity index (χ0v) is 13.2. The fourth-order valence-corrected chi connectivity index (χ4v) is 2.47. The molecule has 21 heavy (non-hydrogen) atoms. The summed E-state index contributed by atoms with van der Waals surface area (Å²) in [6, 6.07) is 0. The molecule has 1 atom stereocenters. The van der Waals surface area contributed by atoms with Crippen LogP contribution in [0, 0.1) is 5.92 Å². The van der Waals surface area contributed by atoms with E-state index in [0.29, 0.717) is 18.1 Å². The molecule has 2 rings (SSSR count). The predicted octanol–water partition coefficient (Wildman–Crippen LogP) is 1.01. The Morgan fingerprint density at radius 2 is 2.29 bits per heavy atom. The fraction of sp³-hybridized carbons (Fsp3) is 0.714. The van der Waals surface area contributed by atoms with Gasteiger partial charge in [0, 0.05) is 25.8 Å². The van der Waals surface area contributed by atoms with E-state index in [1.165, 1.54) is 0 Å². The summed E-state index contributed by atoms with van der Waals surface area (Å²) < 4.78 is 7.00. The number of nitrogens with zero attached hydrogens (tertiary/aromatic N) is 3. The van der Waals surface area contributed by atoms with Gasteiger partial charge in [0.25, 0.3) is 0 Å². The predicted molar refractivity (Wildman–Crippen MR) is 81.3 cm³/mol. The van der Waals surface area contributed by atoms with Gasteiger partial charge in [0.15, 0.2) is 0 Å². The van der Waals surface area contributed by atoms with Gasteiger partial charge < -0.3 is 10.1 Å². The first kappa shape index (κ1) is 16.3. The molecule has 118 valence electrons. The van der Waals surface area contributed by atoms with Gasteiger partial charge in [-0.05, 0) is 13.0 Å². The zero-order valence-electron chi connectivity index (χ0n) is 12.4. The van der Waals surface area contributed by atoms with Crippen LogP contribution in [0.5, 0.6) is 0 Å². The highest BCUT2D eigenvalue weighted by molar-refractivity contribution is 6.30. The molecule has 0 radical (unpaired) electrons. The van der Waals surface area contributed by atoms with Crippen LogP contribution in [0.2, 0.25) is 5.02 Å². The smallest absolute Gasteiger partial charge is 0.224 e. The summed E-state index contributed by atoms with van der Waals surface area (Å²) in [4.78, 5) is 14.4. The van der Waals surface area contributed by atoms with Crippen molar-refractivity contribution in [2.75, 3.05) is 39.4 Å². The maximum absolute atomic E-state index is 12.0. The number of rotatable bonds is 7. The molecule has 0 bridgehead atoms. The quantitative estimate of drug-likeness (QED) is 0.763. The highest BCUT2D eigenvalue weighted by atomic mass is 35.5. The lowest BCUT2D eigenvalue weighted by Crippen LogP contribution is -2.38. The first-order valence-corrected chi connectivity index (χ1v) is 7.78. The van der Waals surface area contributed by atoms with Crippen molar-refractivity contribution in [2.45, 2.75) is 19.9 Å². The van der Waals surface area contributed by atoms with Gasteiger partial charge >= 0.3 is 0 Å². The second kappa shape index (κ2) is 8.36. The Balaban J connectivity index is 1.59. The van der Waals surface area contributed by atoms with Crippen LogP contribution in [0.1, 0.15) is 13.3 Å². The van der Waals surface area contributed by atoms with Crippen LogP contribution >= 0.6 is 11.6 Å². The normalized spacial score (nSPS) is 17.6. The topological polar surface area (TPSA) is 59.4 Å². The molecule has 0 spiro atoms. The van der Waals surface area contributed by atoms with Crippen molar-refractivity contribution >= 4 is 17.5 Å². The Kier molecular flexibility index (Phi) is 6.48. The summed E-state index contributed by atoms with van der Waals surface area (Å²) in [5.41, 5.74) is 0. The van der Waals surface area contributed by atoms with E-state index in [9.17, 15) is 4.79 Å². The summed E-state index contributed by atoms with van der Waals surface area (Å²) in [5, 5.41) is 7.65. The van der Waals surface area contributed by atoms with E-state index in [0.717, 1.165) is 39.3 Å². The molecule has 1 fully saturated rings. The first-order chi connectivity index (χ1) is 10.1. The maximum atomic E-state index is 12.0. The molecule has 0 aliphatic carbocycles. The number of ether oxygens (including phenoxy) is 1. The van der Waals surface area contributed by atoms with Crippen LogP contribution in [0.3, 0.4) is 0 Å². The molecule has 2 heterocycles. The molecule has 1 aliphatic heterocycles. The molecule has 1 N–H and O–H groups in total. The molecule has 1 saturated heterocycles. The summed E-state index contributed by atoms with van der Waals surface area (Å²) >= 11 is 5.80. The minimum absolute atomic E-state index is 0.0589. The molecular weight excluding hydrogens is 292 g/mol. The highest BCUT2D eigenvalue weighted by Crippen LogP contribution is 2.07. The standard InChI is InChI=1S/C14H23ClN4O2/c1-12(10-19-11-13(15)9-17-19)14(20)16-3-2-4-18-5-7-21-8-6-18/h9,11-12H,2-8,10H2,1H3,(H,16,20). The third kappa shape index (κ3) is 5.65. The minimum Gasteiger partial charge on any atom is -0.379 e. The molecule has 1 aliphatic rings. The summed E-state index contributed by atoms with van der Waals surface area (Å²) in [7, 11) is 0. The van der Waals surface area contributed by atoms with Crippen molar-refractivity contribution in [3.8, 4) is 0 Å². The number of nitrogens with one attached hydrogen (secondary N) is 1. The molecule has 1 amide bonds. The number of carbonyl (C=O) groups is 1. The first-order valence-electron chi connectivity index (χ1n) is 7.41. The Morgan fingerprint density at radius 1 is 1.52 bits per heavy atom. The third-order valence-electron chi connectivity index (χ3n) is 3.56. The fourth-order valence-electron chi connectivity index (χ4n) is 2.31. The number of hydrogen-bond acceptors (Lipinski definition) is 4. The molecule has 1 unspecified atom stereocenters. The van der Waals surface area contributed by atoms with Crippen molar-refractivity contribution in [2.24, 2.45) is 5.92 Å². The SMILES string of the molecule is CC(Cn1cc(Cl)cn1)C(=O)NCCCN1CCOCC1. The molecule has 0 saturated carbocycles. The average Bonchev–Trinajstić information content (AvgIpc) is 2.89. The minimum atomic E-state index is -0.121. The zero-order chi connectivity index (χ0) is 15.1. The van der Waals surface area contributed by atoms with Gasteiger partial charge in [0.05, 0.1) is 36.9 Å². The van der Waals surface area contributed by atoms with Crippen molar-refractivity contribution < 1.29 is 9.53 Å². The van der Waals surface area contributed by atoms with Crippen molar-refractivity contribution in [1.29, 1.82) is 0 Å².